The molecule has 0 bridgehead atoms. The Labute approximate surface area is 250 Å². The Bertz CT molecular complexity index is 1800. The molecule has 7 rings (SSSR count). The zero-order valence-electron chi connectivity index (χ0n) is 23.8. The highest BCUT2D eigenvalue weighted by molar-refractivity contribution is 6.03. The van der Waals surface area contributed by atoms with Gasteiger partial charge in [0.25, 0.3) is 5.91 Å². The molecule has 3 aromatic heterocycles. The highest BCUT2D eigenvalue weighted by Gasteiger charge is 2.52. The van der Waals surface area contributed by atoms with E-state index in [-0.39, 0.29) is 42.3 Å². The number of rotatable bonds is 6. The molecule has 3 heterocycles. The average molecular weight is 605 g/mol. The largest absolute Gasteiger partial charge is 0.416 e. The van der Waals surface area contributed by atoms with Crippen LogP contribution in [0.2, 0.25) is 0 Å². The summed E-state index contributed by atoms with van der Waals surface area (Å²) < 4.78 is 57.9. The van der Waals surface area contributed by atoms with Gasteiger partial charge in [-0.05, 0) is 92.6 Å². The summed E-state index contributed by atoms with van der Waals surface area (Å²) in [6.45, 7) is 0. The lowest BCUT2D eigenvalue weighted by molar-refractivity contribution is -0.137. The zero-order valence-corrected chi connectivity index (χ0v) is 23.8. The van der Waals surface area contributed by atoms with Crippen molar-refractivity contribution in [3.05, 3.63) is 101 Å². The highest BCUT2D eigenvalue weighted by Crippen LogP contribution is 2.52. The van der Waals surface area contributed by atoms with Crippen LogP contribution in [0.1, 0.15) is 69.9 Å². The number of amides is 1. The smallest absolute Gasteiger partial charge is 0.331 e. The van der Waals surface area contributed by atoms with Gasteiger partial charge in [-0.25, -0.2) is 9.07 Å². The number of alkyl halides is 3. The van der Waals surface area contributed by atoms with Crippen LogP contribution in [-0.2, 0) is 19.6 Å². The van der Waals surface area contributed by atoms with E-state index in [1.807, 2.05) is 11.0 Å². The molecule has 8 nitrogen and oxygen atoms in total. The topological polar surface area (TPSA) is 85.9 Å². The van der Waals surface area contributed by atoms with Crippen LogP contribution in [0.15, 0.2) is 66.6 Å². The standard InChI is InChI=1S/C32H28F4N6O2/c1-40-13-11-26(39-40)30(44)41(23-8-9-23)25-5-2-20-15-28-19(18-38-42(28)24-6-3-22(33)4-7-24)16-31(20,17-25)29(43)27-14-21(10-12-37-27)32(34,35)36/h3-4,6-7,10-15,18,23,25H,2,5,8-9,16-17H2,1H3/t25-,31-/m0/s1. The number of aromatic nitrogens is 5. The fourth-order valence-electron chi connectivity index (χ4n) is 6.73. The number of pyridine rings is 1. The molecule has 0 spiro atoms. The Hall–Kier alpha value is -4.61. The molecule has 3 aliphatic carbocycles. The molecule has 0 saturated heterocycles. The molecular formula is C32H28F4N6O2. The Morgan fingerprint density at radius 1 is 1.02 bits per heavy atom. The SMILES string of the molecule is Cn1ccc(C(=O)N(C2CC2)[C@H]2CCC3=Cc4c(cnn4-c4ccc(F)cc4)C[C@]3(C(=O)c3cc(C(F)(F)F)ccn3)C2)n1. The Kier molecular flexibility index (Phi) is 6.56. The zero-order chi connectivity index (χ0) is 30.8. The van der Waals surface area contributed by atoms with Crippen LogP contribution in [0.5, 0.6) is 0 Å². The van der Waals surface area contributed by atoms with Crippen LogP contribution in [0.3, 0.4) is 0 Å². The first kappa shape index (κ1) is 28.2. The van der Waals surface area contributed by atoms with Gasteiger partial charge in [0.05, 0.1) is 28.6 Å². The molecular weight excluding hydrogens is 576 g/mol. The lowest BCUT2D eigenvalue weighted by Gasteiger charge is -2.47. The van der Waals surface area contributed by atoms with E-state index in [9.17, 15) is 27.2 Å². The monoisotopic (exact) mass is 604 g/mol. The van der Waals surface area contributed by atoms with Gasteiger partial charge in [-0.2, -0.15) is 23.4 Å². The first-order chi connectivity index (χ1) is 21.0. The maximum absolute atomic E-state index is 14.5. The Morgan fingerprint density at radius 2 is 1.80 bits per heavy atom. The second kappa shape index (κ2) is 10.2. The van der Waals surface area contributed by atoms with Crippen molar-refractivity contribution in [3.8, 4) is 5.69 Å². The molecule has 0 N–H and O–H groups in total. The number of nitrogens with zero attached hydrogens (tertiary/aromatic N) is 6. The number of ketones is 1. The van der Waals surface area contributed by atoms with E-state index in [0.717, 1.165) is 48.0 Å². The number of Topliss-reactive ketones (excluding diaryl/α,β-unsaturated/α-hetero) is 1. The van der Waals surface area contributed by atoms with Gasteiger partial charge in [0.15, 0.2) is 5.78 Å². The van der Waals surface area contributed by atoms with E-state index < -0.39 is 22.9 Å². The van der Waals surface area contributed by atoms with Gasteiger partial charge in [0.1, 0.15) is 17.2 Å². The summed E-state index contributed by atoms with van der Waals surface area (Å²) in [5.41, 5.74) is 0.717. The van der Waals surface area contributed by atoms with E-state index in [1.54, 1.807) is 47.0 Å². The van der Waals surface area contributed by atoms with Crippen molar-refractivity contribution in [2.24, 2.45) is 12.5 Å². The maximum atomic E-state index is 14.5. The van der Waals surface area contributed by atoms with Crippen molar-refractivity contribution >= 4 is 17.8 Å². The number of carbonyl (C=O) groups is 2. The van der Waals surface area contributed by atoms with Crippen LogP contribution in [0.25, 0.3) is 11.8 Å². The minimum Gasteiger partial charge on any atom is -0.331 e. The number of benzene rings is 1. The molecule has 1 aromatic carbocycles. The van der Waals surface area contributed by atoms with Gasteiger partial charge in [-0.3, -0.25) is 19.3 Å². The minimum absolute atomic E-state index is 0.0132. The summed E-state index contributed by atoms with van der Waals surface area (Å²) in [4.78, 5) is 34.2. The molecule has 4 aromatic rings. The molecule has 226 valence electrons. The summed E-state index contributed by atoms with van der Waals surface area (Å²) in [7, 11) is 1.73. The lowest BCUT2D eigenvalue weighted by atomic mass is 9.60. The van der Waals surface area contributed by atoms with Crippen LogP contribution in [0, 0.1) is 11.2 Å². The molecule has 2 atom stereocenters. The number of carbonyl (C=O) groups excluding carboxylic acids is 2. The first-order valence-electron chi connectivity index (χ1n) is 14.5. The maximum Gasteiger partial charge on any atom is 0.416 e. The molecule has 3 aliphatic rings. The summed E-state index contributed by atoms with van der Waals surface area (Å²) in [6.07, 6.45) is 4.70. The molecule has 1 amide bonds. The van der Waals surface area contributed by atoms with E-state index in [2.05, 4.69) is 15.2 Å². The molecule has 44 heavy (non-hydrogen) atoms. The normalized spacial score (nSPS) is 21.3. The van der Waals surface area contributed by atoms with E-state index in [1.165, 1.54) is 12.1 Å². The number of allylic oxidation sites excluding steroid dienone is 1. The summed E-state index contributed by atoms with van der Waals surface area (Å²) >= 11 is 0. The van der Waals surface area contributed by atoms with Crippen molar-refractivity contribution in [2.75, 3.05) is 0 Å². The second-order valence-electron chi connectivity index (χ2n) is 11.8. The number of fused-ring (bicyclic) bond motifs is 2. The van der Waals surface area contributed by atoms with Crippen molar-refractivity contribution in [1.82, 2.24) is 29.4 Å². The van der Waals surface area contributed by atoms with Gasteiger partial charge >= 0.3 is 6.18 Å². The second-order valence-corrected chi connectivity index (χ2v) is 11.8. The third-order valence-corrected chi connectivity index (χ3v) is 8.96. The summed E-state index contributed by atoms with van der Waals surface area (Å²) in [5.74, 6) is -1.11. The van der Waals surface area contributed by atoms with Crippen molar-refractivity contribution in [2.45, 2.75) is 56.8 Å². The van der Waals surface area contributed by atoms with Gasteiger partial charge in [-0.15, -0.1) is 0 Å². The molecule has 0 aliphatic heterocycles. The van der Waals surface area contributed by atoms with E-state index in [4.69, 9.17) is 0 Å². The van der Waals surface area contributed by atoms with Gasteiger partial charge in [0.2, 0.25) is 0 Å². The highest BCUT2D eigenvalue weighted by atomic mass is 19.4. The Morgan fingerprint density at radius 3 is 2.48 bits per heavy atom. The van der Waals surface area contributed by atoms with Gasteiger partial charge < -0.3 is 4.90 Å². The number of hydrogen-bond acceptors (Lipinski definition) is 5. The molecule has 2 saturated carbocycles. The molecule has 2 fully saturated rings. The van der Waals surface area contributed by atoms with Crippen molar-refractivity contribution in [3.63, 3.8) is 0 Å². The first-order valence-corrected chi connectivity index (χ1v) is 14.5. The van der Waals surface area contributed by atoms with Crippen LogP contribution < -0.4 is 0 Å². The number of hydrogen-bond donors (Lipinski definition) is 0. The average Bonchev–Trinajstić information content (AvgIpc) is 3.61. The van der Waals surface area contributed by atoms with Gasteiger partial charge in [-0.1, -0.05) is 5.57 Å². The fourth-order valence-corrected chi connectivity index (χ4v) is 6.73. The molecule has 0 unspecified atom stereocenters. The fraction of sp³-hybridized carbons (Fsp3) is 0.344. The van der Waals surface area contributed by atoms with Crippen LogP contribution >= 0.6 is 0 Å². The van der Waals surface area contributed by atoms with E-state index >= 15 is 0 Å². The van der Waals surface area contributed by atoms with Gasteiger partial charge in [0, 0.05) is 31.5 Å². The van der Waals surface area contributed by atoms with Crippen molar-refractivity contribution in [1.29, 1.82) is 0 Å². The predicted molar refractivity (Wildman–Crippen MR) is 151 cm³/mol. The van der Waals surface area contributed by atoms with Crippen molar-refractivity contribution < 1.29 is 27.2 Å². The quantitative estimate of drug-likeness (QED) is 0.204. The number of aryl methyl sites for hydroxylation is 1. The third-order valence-electron chi connectivity index (χ3n) is 8.96. The third kappa shape index (κ3) is 4.82. The number of halogens is 4. The lowest BCUT2D eigenvalue weighted by Crippen LogP contribution is -2.51. The predicted octanol–water partition coefficient (Wildman–Crippen LogP) is 5.82. The molecule has 0 radical (unpaired) electrons. The minimum atomic E-state index is -4.64. The van der Waals surface area contributed by atoms with E-state index in [0.29, 0.717) is 24.2 Å². The summed E-state index contributed by atoms with van der Waals surface area (Å²) in [5, 5.41) is 8.84. The van der Waals surface area contributed by atoms with Crippen LogP contribution in [-0.4, -0.2) is 53.2 Å². The Balaban J connectivity index is 1.31. The van der Waals surface area contributed by atoms with Crippen LogP contribution in [0.4, 0.5) is 17.6 Å². The summed E-state index contributed by atoms with van der Waals surface area (Å²) in [6, 6.07) is 8.88. The molecule has 12 heteroatoms.